The average Bonchev–Trinajstić information content (AvgIpc) is 2.93. The van der Waals surface area contributed by atoms with Crippen LogP contribution in [0.2, 0.25) is 0 Å². The number of para-hydroxylation sites is 1. The number of aromatic amines is 1. The molecule has 5 heteroatoms. The molecule has 1 fully saturated rings. The minimum absolute atomic E-state index is 0.0173. The molecule has 124 valence electrons. The van der Waals surface area contributed by atoms with Gasteiger partial charge in [0.05, 0.1) is 16.4 Å². The minimum Gasteiger partial charge on any atom is -0.339 e. The summed E-state index contributed by atoms with van der Waals surface area (Å²) in [6, 6.07) is 9.44. The second-order valence-electron chi connectivity index (χ2n) is 6.85. The summed E-state index contributed by atoms with van der Waals surface area (Å²) in [5, 5.41) is 1.53. The van der Waals surface area contributed by atoms with Gasteiger partial charge in [0, 0.05) is 25.5 Å². The van der Waals surface area contributed by atoms with E-state index in [1.165, 1.54) is 6.42 Å². The van der Waals surface area contributed by atoms with Gasteiger partial charge in [-0.15, -0.1) is 0 Å². The third-order valence-electron chi connectivity index (χ3n) is 5.07. The van der Waals surface area contributed by atoms with E-state index in [4.69, 9.17) is 0 Å². The number of hydrogen-bond acceptors (Lipinski definition) is 2. The Hall–Kier alpha value is -2.56. The number of benzene rings is 1. The van der Waals surface area contributed by atoms with Gasteiger partial charge in [-0.25, -0.2) is 0 Å². The van der Waals surface area contributed by atoms with E-state index >= 15 is 0 Å². The molecule has 0 spiro atoms. The molecule has 3 heterocycles. The summed E-state index contributed by atoms with van der Waals surface area (Å²) in [6.45, 7) is 3.76. The van der Waals surface area contributed by atoms with Crippen LogP contribution < -0.4 is 5.56 Å². The molecule has 3 aromatic rings. The maximum atomic E-state index is 13.0. The van der Waals surface area contributed by atoms with Crippen LogP contribution in [0, 0.1) is 5.92 Å². The third kappa shape index (κ3) is 2.23. The lowest BCUT2D eigenvalue weighted by Crippen LogP contribution is -2.39. The van der Waals surface area contributed by atoms with Gasteiger partial charge in [0.2, 0.25) is 0 Å². The lowest BCUT2D eigenvalue weighted by atomic mass is 10.00. The molecule has 0 aliphatic carbocycles. The monoisotopic (exact) mass is 323 g/mol. The van der Waals surface area contributed by atoms with Crippen molar-refractivity contribution in [2.75, 3.05) is 13.1 Å². The summed E-state index contributed by atoms with van der Waals surface area (Å²) in [5.74, 6) is 0.547. The van der Waals surface area contributed by atoms with Gasteiger partial charge in [0.25, 0.3) is 11.5 Å². The van der Waals surface area contributed by atoms with Crippen molar-refractivity contribution in [1.29, 1.82) is 0 Å². The lowest BCUT2D eigenvalue weighted by Gasteiger charge is -2.31. The minimum atomic E-state index is -0.148. The fourth-order valence-corrected chi connectivity index (χ4v) is 3.83. The van der Waals surface area contributed by atoms with E-state index in [9.17, 15) is 9.59 Å². The maximum absolute atomic E-state index is 13.0. The fourth-order valence-electron chi connectivity index (χ4n) is 3.83. The first kappa shape index (κ1) is 15.0. The molecule has 0 saturated carbocycles. The molecular weight excluding hydrogens is 302 g/mol. The van der Waals surface area contributed by atoms with E-state index in [0.717, 1.165) is 35.9 Å². The normalized spacial score (nSPS) is 18.4. The van der Waals surface area contributed by atoms with Crippen molar-refractivity contribution >= 4 is 27.7 Å². The predicted octanol–water partition coefficient (Wildman–Crippen LogP) is 2.89. The third-order valence-corrected chi connectivity index (χ3v) is 5.07. The summed E-state index contributed by atoms with van der Waals surface area (Å²) in [6.07, 6.45) is 2.21. The quantitative estimate of drug-likeness (QED) is 0.748. The van der Waals surface area contributed by atoms with Gasteiger partial charge in [-0.1, -0.05) is 25.1 Å². The number of fused-ring (bicyclic) bond motifs is 3. The van der Waals surface area contributed by atoms with Crippen LogP contribution in [0.5, 0.6) is 0 Å². The Bertz CT molecular complexity index is 999. The van der Waals surface area contributed by atoms with Gasteiger partial charge in [0.1, 0.15) is 5.69 Å². The molecule has 24 heavy (non-hydrogen) atoms. The van der Waals surface area contributed by atoms with E-state index < -0.39 is 0 Å². The second kappa shape index (κ2) is 5.51. The Kier molecular flexibility index (Phi) is 3.44. The summed E-state index contributed by atoms with van der Waals surface area (Å²) >= 11 is 0. The first-order chi connectivity index (χ1) is 11.6. The molecule has 1 amide bonds. The summed E-state index contributed by atoms with van der Waals surface area (Å²) in [4.78, 5) is 30.2. The van der Waals surface area contributed by atoms with E-state index in [1.807, 2.05) is 40.8 Å². The van der Waals surface area contributed by atoms with Crippen LogP contribution in [-0.4, -0.2) is 33.4 Å². The van der Waals surface area contributed by atoms with Gasteiger partial charge in [-0.2, -0.15) is 0 Å². The molecular formula is C19H21N3O2. The second-order valence-corrected chi connectivity index (χ2v) is 6.85. The number of aryl methyl sites for hydroxylation is 1. The first-order valence-corrected chi connectivity index (χ1v) is 8.46. The predicted molar refractivity (Wildman–Crippen MR) is 95.3 cm³/mol. The number of carbonyl (C=O) groups excluding carboxylic acids is 1. The van der Waals surface area contributed by atoms with Gasteiger partial charge >= 0.3 is 0 Å². The molecule has 1 saturated heterocycles. The molecule has 1 aliphatic rings. The number of pyridine rings is 1. The number of amides is 1. The van der Waals surface area contributed by atoms with Crippen molar-refractivity contribution in [3.05, 3.63) is 46.4 Å². The van der Waals surface area contributed by atoms with Crippen LogP contribution in [0.3, 0.4) is 0 Å². The Balaban J connectivity index is 1.89. The molecule has 5 nitrogen and oxygen atoms in total. The topological polar surface area (TPSA) is 58.1 Å². The van der Waals surface area contributed by atoms with Crippen molar-refractivity contribution in [2.45, 2.75) is 19.8 Å². The van der Waals surface area contributed by atoms with Crippen LogP contribution in [-0.2, 0) is 7.05 Å². The molecule has 0 radical (unpaired) electrons. The first-order valence-electron chi connectivity index (χ1n) is 8.46. The highest BCUT2D eigenvalue weighted by Crippen LogP contribution is 2.25. The molecule has 4 rings (SSSR count). The zero-order valence-electron chi connectivity index (χ0n) is 14.0. The molecule has 1 aliphatic heterocycles. The van der Waals surface area contributed by atoms with Crippen molar-refractivity contribution in [3.63, 3.8) is 0 Å². The summed E-state index contributed by atoms with van der Waals surface area (Å²) in [7, 11) is 1.87. The zero-order chi connectivity index (χ0) is 16.8. The highest BCUT2D eigenvalue weighted by Gasteiger charge is 2.25. The molecule has 1 N–H and O–H groups in total. The standard InChI is InChI=1S/C19H21N3O2/c1-12-6-5-9-22(11-12)19(24)16-10-14-17(21(16)2)13-7-3-4-8-15(13)20-18(14)23/h3-4,7-8,10,12H,5-6,9,11H2,1-2H3,(H,20,23). The maximum Gasteiger partial charge on any atom is 0.270 e. The molecule has 0 bridgehead atoms. The molecule has 1 atom stereocenters. The van der Waals surface area contributed by atoms with E-state index in [2.05, 4.69) is 11.9 Å². The van der Waals surface area contributed by atoms with Crippen molar-refractivity contribution in [3.8, 4) is 0 Å². The number of carbonyl (C=O) groups is 1. The lowest BCUT2D eigenvalue weighted by molar-refractivity contribution is 0.0674. The van der Waals surface area contributed by atoms with Gasteiger partial charge in [0.15, 0.2) is 0 Å². The Morgan fingerprint density at radius 3 is 2.83 bits per heavy atom. The Morgan fingerprint density at radius 1 is 1.25 bits per heavy atom. The Labute approximate surface area is 139 Å². The van der Waals surface area contributed by atoms with Crippen LogP contribution in [0.15, 0.2) is 35.1 Å². The number of rotatable bonds is 1. The largest absolute Gasteiger partial charge is 0.339 e. The summed E-state index contributed by atoms with van der Waals surface area (Å²) in [5.41, 5.74) is 2.05. The molecule has 1 unspecified atom stereocenters. The molecule has 2 aromatic heterocycles. The van der Waals surface area contributed by atoms with E-state index in [-0.39, 0.29) is 11.5 Å². The van der Waals surface area contributed by atoms with Crippen molar-refractivity contribution in [1.82, 2.24) is 14.5 Å². The van der Waals surface area contributed by atoms with Crippen LogP contribution >= 0.6 is 0 Å². The van der Waals surface area contributed by atoms with E-state index in [1.54, 1.807) is 6.07 Å². The van der Waals surface area contributed by atoms with Crippen molar-refractivity contribution < 1.29 is 4.79 Å². The zero-order valence-corrected chi connectivity index (χ0v) is 14.0. The number of nitrogens with zero attached hydrogens (tertiary/aromatic N) is 2. The number of hydrogen-bond donors (Lipinski definition) is 1. The Morgan fingerprint density at radius 2 is 2.04 bits per heavy atom. The number of H-pyrrole nitrogens is 1. The number of aromatic nitrogens is 2. The average molecular weight is 323 g/mol. The van der Waals surface area contributed by atoms with Crippen LogP contribution in [0.1, 0.15) is 30.3 Å². The number of likely N-dealkylation sites (tertiary alicyclic amines) is 1. The molecule has 1 aromatic carbocycles. The van der Waals surface area contributed by atoms with Gasteiger partial charge in [-0.05, 0) is 30.9 Å². The highest BCUT2D eigenvalue weighted by atomic mass is 16.2. The summed E-state index contributed by atoms with van der Waals surface area (Å²) < 4.78 is 1.87. The van der Waals surface area contributed by atoms with Crippen molar-refractivity contribution in [2.24, 2.45) is 13.0 Å². The van der Waals surface area contributed by atoms with Crippen LogP contribution in [0.25, 0.3) is 21.8 Å². The highest BCUT2D eigenvalue weighted by molar-refractivity contribution is 6.07. The van der Waals surface area contributed by atoms with E-state index in [0.29, 0.717) is 17.0 Å². The SMILES string of the molecule is CC1CCCN(C(=O)c2cc3c(=O)[nH]c4ccccc4c3n2C)C1. The van der Waals surface area contributed by atoms with Gasteiger partial charge in [-0.3, -0.25) is 9.59 Å². The smallest absolute Gasteiger partial charge is 0.270 e. The van der Waals surface area contributed by atoms with Gasteiger partial charge < -0.3 is 14.5 Å². The fraction of sp³-hybridized carbons (Fsp3) is 0.368. The number of piperidine rings is 1. The van der Waals surface area contributed by atoms with Crippen LogP contribution in [0.4, 0.5) is 0 Å². The number of nitrogens with one attached hydrogen (secondary N) is 1.